The van der Waals surface area contributed by atoms with Gasteiger partial charge in [-0.25, -0.2) is 0 Å². The van der Waals surface area contributed by atoms with E-state index in [-0.39, 0.29) is 18.2 Å². The number of hydrogen-bond acceptors (Lipinski definition) is 9. The second-order valence-electron chi connectivity index (χ2n) is 16.5. The number of aromatic hydroxyl groups is 1. The molecular weight excluding hydrogens is 807 g/mol. The van der Waals surface area contributed by atoms with Gasteiger partial charge in [-0.05, 0) is 107 Å². The summed E-state index contributed by atoms with van der Waals surface area (Å²) in [6.07, 6.45) is -0.300. The highest BCUT2D eigenvalue weighted by molar-refractivity contribution is 6.12. The molecule has 2 N–H and O–H groups in total. The van der Waals surface area contributed by atoms with Crippen LogP contribution in [0.4, 0.5) is 5.69 Å². The first-order valence-electron chi connectivity index (χ1n) is 21.2. The minimum Gasteiger partial charge on any atom is -0.508 e. The Kier molecular flexibility index (Phi) is 10.3. The second-order valence-corrected chi connectivity index (χ2v) is 16.5. The Hall–Kier alpha value is -7.55. The summed E-state index contributed by atoms with van der Waals surface area (Å²) in [5.41, 5.74) is 4.87. The number of fused-ring (bicyclic) bond motifs is 4. The highest BCUT2D eigenvalue weighted by Gasteiger charge is 2.74. The lowest BCUT2D eigenvalue weighted by atomic mass is 9.65. The van der Waals surface area contributed by atoms with Crippen molar-refractivity contribution in [2.75, 3.05) is 33.2 Å². The maximum Gasteiger partial charge on any atom is 0.324 e. The van der Waals surface area contributed by atoms with E-state index < -0.39 is 47.4 Å². The lowest BCUT2D eigenvalue weighted by molar-refractivity contribution is -0.179. The van der Waals surface area contributed by atoms with Crippen molar-refractivity contribution in [2.45, 2.75) is 42.6 Å². The monoisotopic (exact) mass is 851 g/mol. The molecule has 11 heteroatoms. The Labute approximate surface area is 371 Å². The topological polar surface area (TPSA) is 127 Å². The van der Waals surface area contributed by atoms with Gasteiger partial charge >= 0.3 is 5.97 Å². The number of nitrogens with one attached hydrogen (secondary N) is 1. The summed E-state index contributed by atoms with van der Waals surface area (Å²) in [7, 11) is 4.77. The van der Waals surface area contributed by atoms with Crippen LogP contribution in [0.2, 0.25) is 0 Å². The van der Waals surface area contributed by atoms with Crippen LogP contribution in [0.5, 0.6) is 23.0 Å². The minimum absolute atomic E-state index is 0.0335. The fourth-order valence-corrected chi connectivity index (χ4v) is 10.4. The summed E-state index contributed by atoms with van der Waals surface area (Å²) in [4.78, 5) is 50.8. The zero-order valence-corrected chi connectivity index (χ0v) is 35.5. The van der Waals surface area contributed by atoms with Gasteiger partial charge < -0.3 is 34.3 Å². The summed E-state index contributed by atoms with van der Waals surface area (Å²) in [5.74, 6) is 5.74. The molecule has 320 valence electrons. The van der Waals surface area contributed by atoms with Gasteiger partial charge in [-0.15, -0.1) is 0 Å². The van der Waals surface area contributed by atoms with Crippen LogP contribution in [0.15, 0.2) is 140 Å². The van der Waals surface area contributed by atoms with Crippen molar-refractivity contribution in [2.24, 2.45) is 5.92 Å². The molecule has 6 aromatic rings. The molecule has 6 aromatic carbocycles. The lowest BCUT2D eigenvalue weighted by Gasteiger charge is -2.46. The first-order valence-corrected chi connectivity index (χ1v) is 21.2. The van der Waals surface area contributed by atoms with Crippen molar-refractivity contribution < 1.29 is 38.4 Å². The summed E-state index contributed by atoms with van der Waals surface area (Å²) in [6.45, 7) is 0.541. The number of carbonyl (C=O) groups excluding carboxylic acids is 3. The fraction of sp³-hybridized carbons (Fsp3) is 0.226. The number of anilines is 1. The number of morpholine rings is 1. The van der Waals surface area contributed by atoms with Crippen molar-refractivity contribution >= 4 is 23.5 Å². The molecule has 0 saturated carbocycles. The second kappa shape index (κ2) is 16.3. The maximum absolute atomic E-state index is 16.1. The van der Waals surface area contributed by atoms with E-state index in [1.165, 1.54) is 0 Å². The molecule has 0 unspecified atom stereocenters. The maximum atomic E-state index is 16.1. The molecule has 2 saturated heterocycles. The Morgan fingerprint density at radius 1 is 0.719 bits per heavy atom. The smallest absolute Gasteiger partial charge is 0.324 e. The van der Waals surface area contributed by atoms with E-state index in [9.17, 15) is 5.11 Å². The van der Waals surface area contributed by atoms with Gasteiger partial charge in [0, 0.05) is 29.9 Å². The molecule has 4 aliphatic rings. The van der Waals surface area contributed by atoms with E-state index >= 15 is 14.4 Å². The molecule has 2 amide bonds. The third-order valence-corrected chi connectivity index (χ3v) is 13.3. The van der Waals surface area contributed by atoms with Crippen molar-refractivity contribution in [1.82, 2.24) is 9.80 Å². The van der Waals surface area contributed by atoms with Gasteiger partial charge in [0.15, 0.2) is 11.5 Å². The fourth-order valence-electron chi connectivity index (χ4n) is 10.4. The number of amides is 2. The number of benzene rings is 6. The molecule has 10 rings (SSSR count). The average molecular weight is 852 g/mol. The number of hydrogen-bond donors (Lipinski definition) is 2. The molecule has 0 aromatic heterocycles. The van der Waals surface area contributed by atoms with Crippen LogP contribution >= 0.6 is 0 Å². The number of phenols is 1. The van der Waals surface area contributed by atoms with E-state index in [0.29, 0.717) is 52.6 Å². The molecule has 4 aliphatic heterocycles. The number of cyclic esters (lactones) is 1. The van der Waals surface area contributed by atoms with Crippen molar-refractivity contribution in [1.29, 1.82) is 0 Å². The number of methoxy groups -OCH3 is 3. The number of ether oxygens (including phenoxy) is 4. The third kappa shape index (κ3) is 6.61. The van der Waals surface area contributed by atoms with Crippen molar-refractivity contribution in [3.05, 3.63) is 184 Å². The normalized spacial score (nSPS) is 23.2. The number of rotatable bonds is 7. The first kappa shape index (κ1) is 40.5. The third-order valence-electron chi connectivity index (χ3n) is 13.3. The highest BCUT2D eigenvalue weighted by atomic mass is 16.6. The molecule has 0 radical (unpaired) electrons. The Bertz CT molecular complexity index is 2840. The van der Waals surface area contributed by atoms with E-state index in [2.05, 4.69) is 22.1 Å². The van der Waals surface area contributed by atoms with Gasteiger partial charge in [-0.3, -0.25) is 19.3 Å². The molecule has 0 aliphatic carbocycles. The number of carbonyl (C=O) groups is 3. The summed E-state index contributed by atoms with van der Waals surface area (Å²) in [6, 6.07) is 40.1. The summed E-state index contributed by atoms with van der Waals surface area (Å²) in [5, 5.41) is 13.9. The quantitative estimate of drug-likeness (QED) is 0.123. The van der Waals surface area contributed by atoms with E-state index in [1.54, 1.807) is 50.5 Å². The molecule has 1 spiro atoms. The van der Waals surface area contributed by atoms with Crippen molar-refractivity contribution in [3.63, 3.8) is 0 Å². The highest BCUT2D eigenvalue weighted by Crippen LogP contribution is 2.65. The summed E-state index contributed by atoms with van der Waals surface area (Å²) >= 11 is 0. The van der Waals surface area contributed by atoms with Gasteiger partial charge in [0.1, 0.15) is 29.1 Å². The Balaban J connectivity index is 1.21. The van der Waals surface area contributed by atoms with Crippen LogP contribution in [0.1, 0.15) is 62.7 Å². The predicted molar refractivity (Wildman–Crippen MR) is 239 cm³/mol. The minimum atomic E-state index is -1.71. The lowest BCUT2D eigenvalue weighted by Crippen LogP contribution is -2.56. The Morgan fingerprint density at radius 3 is 2.03 bits per heavy atom. The molecule has 6 atom stereocenters. The first-order chi connectivity index (χ1) is 31.2. The largest absolute Gasteiger partial charge is 0.508 e. The standard InChI is InChI=1S/C53H45N3O8/c1-61-40-23-16-32(17-24-40)14-15-33-18-25-42-41(28-33)53(52(60)54-42)45(50(58)55-27-26-37-29-43(62-2)44(63-3)30-38(37)31-55)47-51(59)64-48(35-12-8-5-9-13-35)46(34-10-6-4-7-11-34)56(47)49(53)36-19-21-39(57)22-20-36/h4-13,16-25,28-30,45-49,57H,26-27,31H2,1-3H3,(H,54,60)/t45-,46-,47-,48+,49+,53-/m1/s1. The van der Waals surface area contributed by atoms with Crippen LogP contribution in [-0.2, 0) is 37.5 Å². The van der Waals surface area contributed by atoms with Crippen LogP contribution in [0.3, 0.4) is 0 Å². The van der Waals surface area contributed by atoms with Gasteiger partial charge in [0.2, 0.25) is 11.8 Å². The molecule has 4 heterocycles. The van der Waals surface area contributed by atoms with Crippen LogP contribution < -0.4 is 19.5 Å². The van der Waals surface area contributed by atoms with E-state index in [4.69, 9.17) is 18.9 Å². The van der Waals surface area contributed by atoms with Crippen LogP contribution in [-0.4, -0.2) is 66.6 Å². The average Bonchev–Trinajstić information content (AvgIpc) is 3.81. The van der Waals surface area contributed by atoms with Gasteiger partial charge in [-0.1, -0.05) is 84.6 Å². The van der Waals surface area contributed by atoms with E-state index in [1.807, 2.05) is 115 Å². The number of phenolic OH excluding ortho intramolecular Hbond substituents is 1. The van der Waals surface area contributed by atoms with Crippen LogP contribution in [0.25, 0.3) is 0 Å². The van der Waals surface area contributed by atoms with Crippen LogP contribution in [0, 0.1) is 17.8 Å². The number of esters is 1. The van der Waals surface area contributed by atoms with Crippen molar-refractivity contribution in [3.8, 4) is 34.8 Å². The molecule has 11 nitrogen and oxygen atoms in total. The van der Waals surface area contributed by atoms with Gasteiger partial charge in [0.05, 0.1) is 39.3 Å². The number of nitrogens with zero attached hydrogens (tertiary/aromatic N) is 2. The SMILES string of the molecule is COc1ccc(C#Cc2ccc3c(c2)[C@]2(C(=O)N3)[C@H](c3ccc(O)cc3)N3[C@H](c4ccccc4)[C@H](c4ccccc4)OC(=O)[C@H]3[C@@H]2C(=O)N2CCc3cc(OC)c(OC)cc3C2)cc1. The van der Waals surface area contributed by atoms with Gasteiger partial charge in [-0.2, -0.15) is 0 Å². The molecule has 0 bridgehead atoms. The zero-order chi connectivity index (χ0) is 44.1. The summed E-state index contributed by atoms with van der Waals surface area (Å²) < 4.78 is 23.2. The molecule has 2 fully saturated rings. The van der Waals surface area contributed by atoms with Gasteiger partial charge in [0.25, 0.3) is 0 Å². The van der Waals surface area contributed by atoms with E-state index in [0.717, 1.165) is 27.8 Å². The molecule has 64 heavy (non-hydrogen) atoms. The molecular formula is C53H45N3O8. The Morgan fingerprint density at radius 2 is 1.36 bits per heavy atom. The predicted octanol–water partition coefficient (Wildman–Crippen LogP) is 7.67. The zero-order valence-electron chi connectivity index (χ0n) is 35.5.